The topological polar surface area (TPSA) is 116 Å². The average molecular weight is 499 g/mol. The van der Waals surface area contributed by atoms with Crippen molar-refractivity contribution >= 4 is 27.8 Å². The first-order valence-electron chi connectivity index (χ1n) is 10.1. The number of alkyl halides is 2. The van der Waals surface area contributed by atoms with Crippen LogP contribution < -0.4 is 14.8 Å². The molecule has 1 N–H and O–H groups in total. The molecule has 2 aromatic carbocycles. The lowest BCUT2D eigenvalue weighted by atomic mass is 10.2. The SMILES string of the molecule is COc1ccc(S(=O)(=O)N2CCOCC2)cc1NC(=O)CON=Cc1ccc(OC(F)F)cc1. The Bertz CT molecular complexity index is 1110. The zero-order chi connectivity index (χ0) is 24.6. The monoisotopic (exact) mass is 499 g/mol. The molecule has 1 aliphatic heterocycles. The highest BCUT2D eigenvalue weighted by Gasteiger charge is 2.27. The van der Waals surface area contributed by atoms with Crippen LogP contribution in [0.1, 0.15) is 5.56 Å². The maximum atomic E-state index is 12.9. The minimum atomic E-state index is -3.77. The van der Waals surface area contributed by atoms with E-state index in [4.69, 9.17) is 14.3 Å². The van der Waals surface area contributed by atoms with Gasteiger partial charge in [-0.2, -0.15) is 13.1 Å². The predicted octanol–water partition coefficient (Wildman–Crippen LogP) is 2.31. The molecular weight excluding hydrogens is 476 g/mol. The number of benzene rings is 2. The minimum Gasteiger partial charge on any atom is -0.495 e. The number of ether oxygens (including phenoxy) is 3. The summed E-state index contributed by atoms with van der Waals surface area (Å²) in [6.07, 6.45) is 1.29. The summed E-state index contributed by atoms with van der Waals surface area (Å²) < 4.78 is 66.0. The highest BCUT2D eigenvalue weighted by molar-refractivity contribution is 7.89. The molecule has 1 aliphatic rings. The van der Waals surface area contributed by atoms with Crippen molar-refractivity contribution in [3.63, 3.8) is 0 Å². The zero-order valence-electron chi connectivity index (χ0n) is 18.1. The number of hydrogen-bond donors (Lipinski definition) is 1. The van der Waals surface area contributed by atoms with Gasteiger partial charge in [0.25, 0.3) is 5.91 Å². The van der Waals surface area contributed by atoms with Crippen LogP contribution in [0.2, 0.25) is 0 Å². The van der Waals surface area contributed by atoms with Gasteiger partial charge in [0.05, 0.1) is 37.1 Å². The van der Waals surface area contributed by atoms with E-state index in [0.717, 1.165) is 0 Å². The molecule has 3 rings (SSSR count). The molecule has 1 heterocycles. The number of hydrogen-bond acceptors (Lipinski definition) is 8. The molecule has 10 nitrogen and oxygen atoms in total. The third-order valence-corrected chi connectivity index (χ3v) is 6.52. The standard InChI is InChI=1S/C21H23F2N3O7S/c1-30-19-7-6-17(34(28,29)26-8-10-31-11-9-26)12-18(19)25-20(27)14-32-24-13-15-2-4-16(5-3-15)33-21(22)23/h2-7,12-13,21H,8-11,14H2,1H3,(H,25,27). The van der Waals surface area contributed by atoms with Crippen molar-refractivity contribution in [2.75, 3.05) is 45.3 Å². The normalized spacial score (nSPS) is 14.8. The lowest BCUT2D eigenvalue weighted by Gasteiger charge is -2.26. The van der Waals surface area contributed by atoms with Crippen LogP contribution in [-0.4, -0.2) is 71.5 Å². The summed E-state index contributed by atoms with van der Waals surface area (Å²) in [5, 5.41) is 6.20. The van der Waals surface area contributed by atoms with E-state index < -0.39 is 29.1 Å². The van der Waals surface area contributed by atoms with Crippen molar-refractivity contribution in [2.24, 2.45) is 5.16 Å². The summed E-state index contributed by atoms with van der Waals surface area (Å²) in [4.78, 5) is 17.2. The van der Waals surface area contributed by atoms with Crippen molar-refractivity contribution in [2.45, 2.75) is 11.5 Å². The van der Waals surface area contributed by atoms with Gasteiger partial charge in [0.2, 0.25) is 10.0 Å². The first-order chi connectivity index (χ1) is 16.3. The zero-order valence-corrected chi connectivity index (χ0v) is 19.0. The summed E-state index contributed by atoms with van der Waals surface area (Å²) in [7, 11) is -2.38. The second kappa shape index (κ2) is 11.7. The molecule has 2 aromatic rings. The van der Waals surface area contributed by atoms with E-state index in [1.807, 2.05) is 0 Å². The van der Waals surface area contributed by atoms with E-state index in [2.05, 4.69) is 15.2 Å². The number of sulfonamides is 1. The third kappa shape index (κ3) is 6.85. The molecule has 1 amide bonds. The first kappa shape index (κ1) is 25.3. The number of morpholine rings is 1. The van der Waals surface area contributed by atoms with Gasteiger partial charge in [0.15, 0.2) is 6.61 Å². The quantitative estimate of drug-likeness (QED) is 0.394. The fourth-order valence-corrected chi connectivity index (χ4v) is 4.43. The minimum absolute atomic E-state index is 0.000687. The Labute approximate surface area is 195 Å². The molecule has 13 heteroatoms. The molecule has 0 atom stereocenters. The number of amides is 1. The number of halogens is 2. The van der Waals surface area contributed by atoms with Crippen molar-refractivity contribution in [1.29, 1.82) is 0 Å². The maximum Gasteiger partial charge on any atom is 0.387 e. The Morgan fingerprint density at radius 3 is 2.56 bits per heavy atom. The maximum absolute atomic E-state index is 12.9. The van der Waals surface area contributed by atoms with E-state index in [-0.39, 0.29) is 35.2 Å². The van der Waals surface area contributed by atoms with E-state index in [0.29, 0.717) is 18.8 Å². The number of oxime groups is 1. The number of methoxy groups -OCH3 is 1. The third-order valence-electron chi connectivity index (χ3n) is 4.63. The number of nitrogens with zero attached hydrogens (tertiary/aromatic N) is 2. The van der Waals surface area contributed by atoms with Gasteiger partial charge in [-0.05, 0) is 48.0 Å². The summed E-state index contributed by atoms with van der Waals surface area (Å²) >= 11 is 0. The second-order valence-corrected chi connectivity index (χ2v) is 8.82. The molecule has 1 fully saturated rings. The molecular formula is C21H23F2N3O7S. The van der Waals surface area contributed by atoms with Crippen LogP contribution in [-0.2, 0) is 24.4 Å². The Balaban J connectivity index is 1.59. The van der Waals surface area contributed by atoms with Crippen LogP contribution in [0.15, 0.2) is 52.5 Å². The summed E-state index contributed by atoms with van der Waals surface area (Å²) in [6, 6.07) is 9.80. The summed E-state index contributed by atoms with van der Waals surface area (Å²) in [6.45, 7) is -2.28. The van der Waals surface area contributed by atoms with Gasteiger partial charge in [0.1, 0.15) is 11.5 Å². The molecule has 1 saturated heterocycles. The lowest BCUT2D eigenvalue weighted by molar-refractivity contribution is -0.120. The van der Waals surface area contributed by atoms with Gasteiger partial charge in [0, 0.05) is 13.1 Å². The van der Waals surface area contributed by atoms with Crippen LogP contribution in [0.3, 0.4) is 0 Å². The Hall–Kier alpha value is -3.29. The first-order valence-corrected chi connectivity index (χ1v) is 11.5. The van der Waals surface area contributed by atoms with E-state index in [1.54, 1.807) is 0 Å². The van der Waals surface area contributed by atoms with Crippen LogP contribution in [0, 0.1) is 0 Å². The summed E-state index contributed by atoms with van der Waals surface area (Å²) in [5.41, 5.74) is 0.689. The second-order valence-electron chi connectivity index (χ2n) is 6.88. The molecule has 0 bridgehead atoms. The molecule has 0 aliphatic carbocycles. The Morgan fingerprint density at radius 1 is 1.21 bits per heavy atom. The van der Waals surface area contributed by atoms with Crippen LogP contribution >= 0.6 is 0 Å². The van der Waals surface area contributed by atoms with E-state index in [1.165, 1.54) is 60.1 Å². The van der Waals surface area contributed by atoms with Gasteiger partial charge in [-0.1, -0.05) is 5.16 Å². The fourth-order valence-electron chi connectivity index (χ4n) is 3.00. The number of carbonyl (C=O) groups is 1. The van der Waals surface area contributed by atoms with Crippen molar-refractivity contribution in [1.82, 2.24) is 4.31 Å². The lowest BCUT2D eigenvalue weighted by Crippen LogP contribution is -2.40. The average Bonchev–Trinajstić information content (AvgIpc) is 2.83. The molecule has 0 spiro atoms. The molecule has 0 saturated carbocycles. The van der Waals surface area contributed by atoms with Gasteiger partial charge in [-0.15, -0.1) is 0 Å². The molecule has 34 heavy (non-hydrogen) atoms. The Morgan fingerprint density at radius 2 is 1.91 bits per heavy atom. The molecule has 0 unspecified atom stereocenters. The summed E-state index contributed by atoms with van der Waals surface area (Å²) in [5.74, 6) is -0.333. The Kier molecular flexibility index (Phi) is 8.73. The van der Waals surface area contributed by atoms with Gasteiger partial charge in [-0.25, -0.2) is 8.42 Å². The highest BCUT2D eigenvalue weighted by Crippen LogP contribution is 2.29. The van der Waals surface area contributed by atoms with Crippen molar-refractivity contribution in [3.8, 4) is 11.5 Å². The smallest absolute Gasteiger partial charge is 0.387 e. The molecule has 0 radical (unpaired) electrons. The number of anilines is 1. The highest BCUT2D eigenvalue weighted by atomic mass is 32.2. The van der Waals surface area contributed by atoms with Gasteiger partial charge >= 0.3 is 6.61 Å². The largest absolute Gasteiger partial charge is 0.495 e. The van der Waals surface area contributed by atoms with Gasteiger partial charge in [-0.3, -0.25) is 4.79 Å². The number of nitrogens with one attached hydrogen (secondary N) is 1. The van der Waals surface area contributed by atoms with E-state index >= 15 is 0 Å². The van der Waals surface area contributed by atoms with Crippen LogP contribution in [0.25, 0.3) is 0 Å². The number of carbonyl (C=O) groups excluding carboxylic acids is 1. The van der Waals surface area contributed by atoms with Crippen molar-refractivity contribution < 1.29 is 41.0 Å². The number of rotatable bonds is 10. The molecule has 184 valence electrons. The fraction of sp³-hybridized carbons (Fsp3) is 0.333. The molecule has 0 aromatic heterocycles. The van der Waals surface area contributed by atoms with Crippen molar-refractivity contribution in [3.05, 3.63) is 48.0 Å². The van der Waals surface area contributed by atoms with Crippen LogP contribution in [0.5, 0.6) is 11.5 Å². The predicted molar refractivity (Wildman–Crippen MR) is 118 cm³/mol. The van der Waals surface area contributed by atoms with Crippen LogP contribution in [0.4, 0.5) is 14.5 Å². The van der Waals surface area contributed by atoms with Gasteiger partial charge < -0.3 is 24.4 Å². The van der Waals surface area contributed by atoms with E-state index in [9.17, 15) is 22.0 Å².